The Balaban J connectivity index is 1.50. The van der Waals surface area contributed by atoms with Gasteiger partial charge in [-0.2, -0.15) is 0 Å². The smallest absolute Gasteiger partial charge is 0.154 e. The number of anilines is 1. The van der Waals surface area contributed by atoms with Gasteiger partial charge in [-0.05, 0) is 42.8 Å². The van der Waals surface area contributed by atoms with Gasteiger partial charge in [-0.15, -0.1) is 11.3 Å². The monoisotopic (exact) mass is 515 g/mol. The molecule has 0 bridgehead atoms. The van der Waals surface area contributed by atoms with Crippen molar-refractivity contribution in [1.82, 2.24) is 10.3 Å². The van der Waals surface area contributed by atoms with Crippen LogP contribution in [0.3, 0.4) is 0 Å². The number of rotatable bonds is 7. The Bertz CT molecular complexity index is 1180. The van der Waals surface area contributed by atoms with Gasteiger partial charge in [-0.25, -0.2) is 18.0 Å². The lowest BCUT2D eigenvalue weighted by molar-refractivity contribution is 0.287. The number of nitrogens with one attached hydrogen (secondary N) is 2. The van der Waals surface area contributed by atoms with E-state index in [1.807, 2.05) is 6.08 Å². The SMILES string of the molecule is O=S(Nc1cscn1)c1cc(Cl)c(OCC2NCCC=C2c2cc(F)ccc2Cl)cc1F. The number of thiazole rings is 1. The molecule has 0 amide bonds. The summed E-state index contributed by atoms with van der Waals surface area (Å²) in [5.74, 6) is -0.639. The van der Waals surface area contributed by atoms with E-state index in [-0.39, 0.29) is 28.3 Å². The summed E-state index contributed by atoms with van der Waals surface area (Å²) in [5.41, 5.74) is 2.94. The third kappa shape index (κ3) is 5.29. The number of hydrogen-bond acceptors (Lipinski definition) is 5. The van der Waals surface area contributed by atoms with Gasteiger partial charge < -0.3 is 10.1 Å². The molecule has 11 heteroatoms. The van der Waals surface area contributed by atoms with E-state index < -0.39 is 22.6 Å². The molecule has 0 radical (unpaired) electrons. The van der Waals surface area contributed by atoms with Crippen molar-refractivity contribution >= 4 is 56.9 Å². The van der Waals surface area contributed by atoms with Crippen LogP contribution in [0.25, 0.3) is 5.57 Å². The van der Waals surface area contributed by atoms with Crippen molar-refractivity contribution in [1.29, 1.82) is 0 Å². The molecule has 1 aliphatic rings. The van der Waals surface area contributed by atoms with E-state index in [2.05, 4.69) is 15.0 Å². The summed E-state index contributed by atoms with van der Waals surface area (Å²) in [6, 6.07) is 6.23. The Morgan fingerprint density at radius 2 is 2.09 bits per heavy atom. The number of aromatic nitrogens is 1. The predicted molar refractivity (Wildman–Crippen MR) is 125 cm³/mol. The highest BCUT2D eigenvalue weighted by atomic mass is 35.5. The second-order valence-electron chi connectivity index (χ2n) is 6.85. The topological polar surface area (TPSA) is 63.2 Å². The molecule has 2 atom stereocenters. The van der Waals surface area contributed by atoms with Crippen molar-refractivity contribution in [2.75, 3.05) is 17.9 Å². The van der Waals surface area contributed by atoms with Gasteiger partial charge >= 0.3 is 0 Å². The second-order valence-corrected chi connectivity index (χ2v) is 9.56. The summed E-state index contributed by atoms with van der Waals surface area (Å²) in [5, 5.41) is 5.49. The van der Waals surface area contributed by atoms with Crippen LogP contribution in [0.1, 0.15) is 12.0 Å². The maximum Gasteiger partial charge on any atom is 0.154 e. The second kappa shape index (κ2) is 10.3. The van der Waals surface area contributed by atoms with Gasteiger partial charge in [0, 0.05) is 22.0 Å². The first-order chi connectivity index (χ1) is 15.4. The Labute approximate surface area is 200 Å². The summed E-state index contributed by atoms with van der Waals surface area (Å²) in [4.78, 5) is 3.85. The summed E-state index contributed by atoms with van der Waals surface area (Å²) in [7, 11) is -1.88. The Morgan fingerprint density at radius 1 is 1.25 bits per heavy atom. The molecule has 0 fully saturated rings. The van der Waals surface area contributed by atoms with Crippen LogP contribution in [0.2, 0.25) is 10.0 Å². The molecule has 2 unspecified atom stereocenters. The van der Waals surface area contributed by atoms with Crippen LogP contribution in [-0.4, -0.2) is 28.4 Å². The minimum atomic E-state index is -1.88. The molecule has 1 aromatic heterocycles. The number of nitrogens with zero attached hydrogens (tertiary/aromatic N) is 1. The molecule has 2 heterocycles. The quantitative estimate of drug-likeness (QED) is 0.424. The van der Waals surface area contributed by atoms with Gasteiger partial charge in [-0.1, -0.05) is 29.3 Å². The Kier molecular flexibility index (Phi) is 7.42. The first-order valence-electron chi connectivity index (χ1n) is 9.49. The summed E-state index contributed by atoms with van der Waals surface area (Å²) in [6.45, 7) is 0.810. The molecule has 4 rings (SSSR count). The van der Waals surface area contributed by atoms with Crippen LogP contribution in [0.15, 0.2) is 52.2 Å². The minimum absolute atomic E-state index is 0.107. The molecule has 168 valence electrons. The Morgan fingerprint density at radius 3 is 2.88 bits per heavy atom. The van der Waals surface area contributed by atoms with E-state index >= 15 is 0 Å². The zero-order valence-corrected chi connectivity index (χ0v) is 19.6. The molecule has 0 spiro atoms. The van der Waals surface area contributed by atoms with E-state index in [9.17, 15) is 13.0 Å². The fourth-order valence-corrected chi connectivity index (χ4v) is 5.19. The molecular weight excluding hydrogens is 499 g/mol. The van der Waals surface area contributed by atoms with Crippen molar-refractivity contribution in [3.63, 3.8) is 0 Å². The molecule has 2 N–H and O–H groups in total. The van der Waals surface area contributed by atoms with E-state index in [0.29, 0.717) is 22.9 Å². The summed E-state index contributed by atoms with van der Waals surface area (Å²) >= 11 is 13.9. The van der Waals surface area contributed by atoms with Gasteiger partial charge in [0.1, 0.15) is 29.8 Å². The van der Waals surface area contributed by atoms with Gasteiger partial charge in [0.2, 0.25) is 0 Å². The number of halogens is 4. The van der Waals surface area contributed by atoms with Crippen LogP contribution in [0.4, 0.5) is 14.6 Å². The zero-order chi connectivity index (χ0) is 22.7. The molecule has 5 nitrogen and oxygen atoms in total. The number of ether oxygens (including phenoxy) is 1. The molecule has 2 aromatic carbocycles. The molecule has 3 aromatic rings. The fraction of sp³-hybridized carbons (Fsp3) is 0.190. The van der Waals surface area contributed by atoms with Gasteiger partial charge in [0.25, 0.3) is 0 Å². The maximum atomic E-state index is 14.6. The van der Waals surface area contributed by atoms with Crippen molar-refractivity contribution in [3.05, 3.63) is 74.5 Å². The summed E-state index contributed by atoms with van der Waals surface area (Å²) in [6.07, 6.45) is 2.73. The van der Waals surface area contributed by atoms with Crippen molar-refractivity contribution in [3.8, 4) is 5.75 Å². The van der Waals surface area contributed by atoms with E-state index in [4.69, 9.17) is 27.9 Å². The first-order valence-corrected chi connectivity index (χ1v) is 12.3. The largest absolute Gasteiger partial charge is 0.490 e. The van der Waals surface area contributed by atoms with Gasteiger partial charge in [0.05, 0.1) is 21.5 Å². The lowest BCUT2D eigenvalue weighted by atomic mass is 9.95. The highest BCUT2D eigenvalue weighted by Gasteiger charge is 2.23. The van der Waals surface area contributed by atoms with Crippen LogP contribution < -0.4 is 14.8 Å². The van der Waals surface area contributed by atoms with Gasteiger partial charge in [-0.3, -0.25) is 4.72 Å². The number of hydrogen-bond donors (Lipinski definition) is 2. The molecule has 0 aliphatic carbocycles. The molecule has 1 aliphatic heterocycles. The van der Waals surface area contributed by atoms with Gasteiger partial charge in [0.15, 0.2) is 11.0 Å². The van der Waals surface area contributed by atoms with Crippen LogP contribution in [0.5, 0.6) is 5.75 Å². The maximum absolute atomic E-state index is 14.6. The van der Waals surface area contributed by atoms with Crippen molar-refractivity contribution in [2.24, 2.45) is 0 Å². The fourth-order valence-electron chi connectivity index (χ4n) is 3.25. The highest BCUT2D eigenvalue weighted by molar-refractivity contribution is 7.86. The zero-order valence-electron chi connectivity index (χ0n) is 16.4. The third-order valence-corrected chi connectivity index (χ3v) is 7.05. The van der Waals surface area contributed by atoms with Crippen molar-refractivity contribution in [2.45, 2.75) is 17.4 Å². The predicted octanol–water partition coefficient (Wildman–Crippen LogP) is 5.69. The first kappa shape index (κ1) is 23.1. The van der Waals surface area contributed by atoms with E-state index in [1.165, 1.54) is 35.6 Å². The van der Waals surface area contributed by atoms with Crippen LogP contribution >= 0.6 is 34.5 Å². The molecular formula is C21H17Cl2F2N3O2S2. The van der Waals surface area contributed by atoms with E-state index in [1.54, 1.807) is 10.9 Å². The lowest BCUT2D eigenvalue weighted by Crippen LogP contribution is -2.39. The summed E-state index contributed by atoms with van der Waals surface area (Å²) < 4.78 is 49.2. The van der Waals surface area contributed by atoms with Crippen LogP contribution in [0, 0.1) is 11.6 Å². The third-order valence-electron chi connectivity index (χ3n) is 4.74. The molecule has 32 heavy (non-hydrogen) atoms. The number of benzene rings is 2. The van der Waals surface area contributed by atoms with Crippen molar-refractivity contribution < 1.29 is 17.7 Å². The highest BCUT2D eigenvalue weighted by Crippen LogP contribution is 2.32. The average molecular weight is 516 g/mol. The average Bonchev–Trinajstić information content (AvgIpc) is 3.29. The standard InChI is InChI=1S/C21H17Cl2F2N3O2S2/c22-15-4-3-12(24)6-14(15)13-2-1-5-26-18(13)9-30-19-8-17(25)20(7-16(19)23)32(29)28-21-10-31-11-27-21/h2-4,6-8,10-11,18,26,28H,1,5,9H2. The van der Waals surface area contributed by atoms with E-state index in [0.717, 1.165) is 18.1 Å². The molecule has 0 saturated carbocycles. The normalized spacial score (nSPS) is 17.0. The molecule has 0 saturated heterocycles. The van der Waals surface area contributed by atoms with Crippen LogP contribution in [-0.2, 0) is 11.0 Å². The Hall–Kier alpha value is -2.04. The minimum Gasteiger partial charge on any atom is -0.490 e. The lowest BCUT2D eigenvalue weighted by Gasteiger charge is -2.27.